The summed E-state index contributed by atoms with van der Waals surface area (Å²) in [7, 11) is 1.84. The first-order valence-corrected chi connectivity index (χ1v) is 11.7. The molecule has 4 aliphatic rings. The van der Waals surface area contributed by atoms with Crippen molar-refractivity contribution in [2.45, 2.75) is 5.54 Å². The number of para-hydroxylation sites is 1. The summed E-state index contributed by atoms with van der Waals surface area (Å²) in [5.74, 6) is -0.349. The zero-order valence-corrected chi connectivity index (χ0v) is 20.7. The minimum Gasteiger partial charge on any atom is -0.324 e. The number of carbonyl (C=O) groups is 3. The summed E-state index contributed by atoms with van der Waals surface area (Å²) in [4.78, 5) is 44.0. The van der Waals surface area contributed by atoms with Gasteiger partial charge in [0.2, 0.25) is 0 Å². The number of anilines is 1. The number of amides is 1. The summed E-state index contributed by atoms with van der Waals surface area (Å²) in [6, 6.07) is 24.4. The minimum atomic E-state index is -1.55. The molecule has 1 amide bonds. The second-order valence-corrected chi connectivity index (χ2v) is 9.34. The van der Waals surface area contributed by atoms with Crippen LogP contribution in [-0.2, 0) is 27.4 Å². The molecule has 6 heteroatoms. The Morgan fingerprint density at radius 2 is 1.56 bits per heavy atom. The van der Waals surface area contributed by atoms with Gasteiger partial charge in [0.15, 0.2) is 11.6 Å². The maximum atomic E-state index is 14.2. The molecule has 2 aliphatic carbocycles. The standard InChI is InChI=1S/C25H19N2O3.C5H5.Fe/c1-27-14-19(15-8-2-3-9-15)24(21(28)16-10-4-5-11-17(16)22(24)29)25(27)18-12-6-7-13-20(18)26-23(25)30;1-2-4-5-3-1;/h2-13,19H,14H2,1H3,(H,26,30);1-5H;/q2*-1;+2/t19-,25+;;/m0../s1. The number of allylic oxidation sites excluding steroid dienone is 2. The number of fused-ring (bicyclic) bond motifs is 4. The van der Waals surface area contributed by atoms with Gasteiger partial charge < -0.3 is 5.32 Å². The summed E-state index contributed by atoms with van der Waals surface area (Å²) >= 11 is 0. The quantitative estimate of drug-likeness (QED) is 0.296. The molecular weight excluding hydrogens is 492 g/mol. The Balaban J connectivity index is 0.000000400. The first-order valence-electron chi connectivity index (χ1n) is 11.7. The van der Waals surface area contributed by atoms with Crippen LogP contribution < -0.4 is 5.32 Å². The van der Waals surface area contributed by atoms with Crippen LogP contribution in [0.3, 0.4) is 0 Å². The van der Waals surface area contributed by atoms with Gasteiger partial charge in [-0.15, -0.1) is 6.42 Å². The number of carbonyl (C=O) groups excluding carboxylic acids is 3. The zero-order chi connectivity index (χ0) is 24.2. The van der Waals surface area contributed by atoms with Gasteiger partial charge in [0.25, 0.3) is 5.91 Å². The molecule has 180 valence electrons. The number of ketones is 2. The van der Waals surface area contributed by atoms with E-state index in [1.54, 1.807) is 24.3 Å². The van der Waals surface area contributed by atoms with Gasteiger partial charge in [-0.25, -0.2) is 30.7 Å². The fraction of sp³-hybridized carbons (Fsp3) is 0.167. The Labute approximate surface area is 221 Å². The average Bonchev–Trinajstić information content (AvgIpc) is 3.69. The van der Waals surface area contributed by atoms with Crippen LogP contribution in [0.15, 0.2) is 91.0 Å². The monoisotopic (exact) mass is 516 g/mol. The van der Waals surface area contributed by atoms with Gasteiger partial charge in [-0.05, 0) is 19.0 Å². The molecule has 1 fully saturated rings. The van der Waals surface area contributed by atoms with Crippen molar-refractivity contribution in [2.75, 3.05) is 18.9 Å². The second kappa shape index (κ2) is 8.97. The molecule has 7 rings (SSSR count). The van der Waals surface area contributed by atoms with Crippen LogP contribution in [-0.4, -0.2) is 36.0 Å². The number of likely N-dealkylation sites (N-methyl/N-ethyl adjacent to an activating group) is 1. The molecule has 2 radical (unpaired) electrons. The number of rotatable bonds is 1. The van der Waals surface area contributed by atoms with Crippen molar-refractivity contribution in [2.24, 2.45) is 11.3 Å². The van der Waals surface area contributed by atoms with Crippen LogP contribution in [0, 0.1) is 30.1 Å². The van der Waals surface area contributed by atoms with E-state index in [2.05, 4.69) is 5.32 Å². The number of benzene rings is 2. The van der Waals surface area contributed by atoms with E-state index in [0.29, 0.717) is 28.9 Å². The molecule has 3 aromatic carbocycles. The molecule has 0 aromatic heterocycles. The van der Waals surface area contributed by atoms with E-state index in [9.17, 15) is 14.4 Å². The minimum absolute atomic E-state index is 0. The van der Waals surface area contributed by atoms with Gasteiger partial charge in [0.05, 0.1) is 0 Å². The van der Waals surface area contributed by atoms with Gasteiger partial charge in [-0.2, -0.15) is 18.2 Å². The van der Waals surface area contributed by atoms with E-state index in [1.807, 2.05) is 91.5 Å². The number of hydrogen-bond acceptors (Lipinski definition) is 4. The Bertz CT molecular complexity index is 1300. The van der Waals surface area contributed by atoms with Crippen molar-refractivity contribution in [1.29, 1.82) is 0 Å². The van der Waals surface area contributed by atoms with Crippen molar-refractivity contribution < 1.29 is 31.5 Å². The molecule has 0 saturated carbocycles. The van der Waals surface area contributed by atoms with Crippen molar-refractivity contribution in [3.63, 3.8) is 0 Å². The van der Waals surface area contributed by atoms with Crippen LogP contribution in [0.25, 0.3) is 0 Å². The van der Waals surface area contributed by atoms with Crippen LogP contribution in [0.5, 0.6) is 0 Å². The third kappa shape index (κ3) is 2.95. The maximum absolute atomic E-state index is 14.2. The summed E-state index contributed by atoms with van der Waals surface area (Å²) in [6.45, 7) is 0.428. The number of nitrogens with one attached hydrogen (secondary N) is 1. The smallest absolute Gasteiger partial charge is 0.324 e. The fourth-order valence-corrected chi connectivity index (χ4v) is 6.46. The molecule has 3 aromatic rings. The molecule has 1 saturated heterocycles. The van der Waals surface area contributed by atoms with Crippen LogP contribution in [0.1, 0.15) is 26.3 Å². The van der Waals surface area contributed by atoms with Crippen LogP contribution in [0.4, 0.5) is 5.69 Å². The summed E-state index contributed by atoms with van der Waals surface area (Å²) in [6.07, 6.45) is 7.71. The predicted molar refractivity (Wildman–Crippen MR) is 133 cm³/mol. The van der Waals surface area contributed by atoms with Crippen molar-refractivity contribution >= 4 is 23.2 Å². The number of hydrogen-bond donors (Lipinski definition) is 1. The number of nitrogens with zero attached hydrogens (tertiary/aromatic N) is 1. The van der Waals surface area contributed by atoms with E-state index < -0.39 is 16.9 Å². The largest absolute Gasteiger partial charge is 2.00 e. The van der Waals surface area contributed by atoms with Gasteiger partial charge in [0.1, 0.15) is 11.0 Å². The second-order valence-electron chi connectivity index (χ2n) is 9.34. The Hall–Kier alpha value is -3.31. The van der Waals surface area contributed by atoms with E-state index in [4.69, 9.17) is 0 Å². The number of likely N-dealkylation sites (tertiary alicyclic amines) is 1. The third-order valence-corrected chi connectivity index (χ3v) is 7.80. The normalized spacial score (nSPS) is 25.2. The predicted octanol–water partition coefficient (Wildman–Crippen LogP) is 4.42. The van der Waals surface area contributed by atoms with E-state index in [-0.39, 0.29) is 34.5 Å². The first-order chi connectivity index (χ1) is 17.0. The van der Waals surface area contributed by atoms with Crippen molar-refractivity contribution in [3.05, 3.63) is 126 Å². The summed E-state index contributed by atoms with van der Waals surface area (Å²) in [5, 5.41) is 2.96. The number of Topliss-reactive ketones (excluding diaryl/α,β-unsaturated/α-hetero) is 2. The molecule has 5 nitrogen and oxygen atoms in total. The molecule has 0 bridgehead atoms. The van der Waals surface area contributed by atoms with Gasteiger partial charge in [-0.3, -0.25) is 19.3 Å². The van der Waals surface area contributed by atoms with Crippen molar-refractivity contribution in [1.82, 2.24) is 4.90 Å². The fourth-order valence-electron chi connectivity index (χ4n) is 6.46. The zero-order valence-electron chi connectivity index (χ0n) is 19.6. The first kappa shape index (κ1) is 24.4. The average molecular weight is 516 g/mol. The van der Waals surface area contributed by atoms with Gasteiger partial charge >= 0.3 is 17.1 Å². The molecular formula is C30H24FeN2O3. The van der Waals surface area contributed by atoms with Crippen molar-refractivity contribution in [3.8, 4) is 0 Å². The Kier molecular flexibility index (Phi) is 6.08. The molecule has 2 aliphatic heterocycles. The molecule has 1 N–H and O–H groups in total. The summed E-state index contributed by atoms with van der Waals surface area (Å²) < 4.78 is 0. The Morgan fingerprint density at radius 3 is 2.14 bits per heavy atom. The Morgan fingerprint density at radius 1 is 0.917 bits per heavy atom. The molecule has 2 heterocycles. The van der Waals surface area contributed by atoms with Crippen LogP contribution in [0.2, 0.25) is 0 Å². The SMILES string of the molecule is CN1C[C@@H]([C]2[CH]C=C[CH-]2)C2(C(=O)c3ccccc3C2=O)[C@@]12C(=O)Nc1ccccc12.[Fe+2].c1cc[cH-]c1. The molecule has 36 heavy (non-hydrogen) atoms. The topological polar surface area (TPSA) is 66.5 Å². The van der Waals surface area contributed by atoms with E-state index >= 15 is 0 Å². The van der Waals surface area contributed by atoms with Crippen LogP contribution >= 0.6 is 0 Å². The third-order valence-electron chi connectivity index (χ3n) is 7.80. The van der Waals surface area contributed by atoms with Gasteiger partial charge in [-0.1, -0.05) is 48.4 Å². The molecule has 2 atom stereocenters. The van der Waals surface area contributed by atoms with E-state index in [1.165, 1.54) is 0 Å². The summed E-state index contributed by atoms with van der Waals surface area (Å²) in [5.41, 5.74) is -0.763. The van der Waals surface area contributed by atoms with E-state index in [0.717, 1.165) is 5.92 Å². The molecule has 0 unspecified atom stereocenters. The molecule has 2 spiro atoms. The van der Waals surface area contributed by atoms with Gasteiger partial charge in [0, 0.05) is 28.9 Å². The maximum Gasteiger partial charge on any atom is 2.00 e.